The van der Waals surface area contributed by atoms with E-state index in [0.29, 0.717) is 6.04 Å². The Morgan fingerprint density at radius 2 is 2.05 bits per heavy atom. The zero-order valence-electron chi connectivity index (χ0n) is 11.4. The molecule has 2 unspecified atom stereocenters. The van der Waals surface area contributed by atoms with Gasteiger partial charge >= 0.3 is 0 Å². The minimum absolute atomic E-state index is 0.0232. The van der Waals surface area contributed by atoms with Crippen molar-refractivity contribution in [3.05, 3.63) is 35.9 Å². The van der Waals surface area contributed by atoms with Crippen molar-refractivity contribution in [1.29, 1.82) is 0 Å². The van der Waals surface area contributed by atoms with Crippen LogP contribution in [0.1, 0.15) is 24.9 Å². The molecule has 100 valence electrons. The van der Waals surface area contributed by atoms with Crippen molar-refractivity contribution in [3.63, 3.8) is 0 Å². The van der Waals surface area contributed by atoms with Crippen molar-refractivity contribution in [3.8, 4) is 0 Å². The zero-order valence-corrected chi connectivity index (χ0v) is 11.4. The van der Waals surface area contributed by atoms with E-state index < -0.39 is 0 Å². The maximum Gasteiger partial charge on any atom is 0.252 e. The van der Waals surface area contributed by atoms with Gasteiger partial charge in [0.2, 0.25) is 0 Å². The molecule has 0 spiro atoms. The van der Waals surface area contributed by atoms with E-state index >= 15 is 0 Å². The average Bonchev–Trinajstić information content (AvgIpc) is 2.74. The van der Waals surface area contributed by atoms with Gasteiger partial charge in [0, 0.05) is 32.6 Å². The number of carbonyl (C=O) groups is 1. The third-order valence-electron chi connectivity index (χ3n) is 4.20. The Bertz CT molecular complexity index is 511. The van der Waals surface area contributed by atoms with E-state index in [-0.39, 0.29) is 11.8 Å². The standard InChI is InChI=1S/C15H19N3O/c1-11(12-6-4-3-5-7-12)18-9-8-14-13(10-18)15(19)17(2)16-14/h3-7,11,13H,8-10H2,1-2H3. The molecule has 2 heterocycles. The van der Waals surface area contributed by atoms with Crippen LogP contribution in [-0.4, -0.2) is 41.7 Å². The van der Waals surface area contributed by atoms with Crippen LogP contribution in [0, 0.1) is 5.92 Å². The van der Waals surface area contributed by atoms with Crippen LogP contribution in [0.4, 0.5) is 0 Å². The molecule has 0 radical (unpaired) electrons. The van der Waals surface area contributed by atoms with Crippen LogP contribution >= 0.6 is 0 Å². The number of likely N-dealkylation sites (tertiary alicyclic amines) is 1. The monoisotopic (exact) mass is 257 g/mol. The maximum atomic E-state index is 12.0. The lowest BCUT2D eigenvalue weighted by atomic mass is 9.93. The van der Waals surface area contributed by atoms with Crippen molar-refractivity contribution in [2.45, 2.75) is 19.4 Å². The van der Waals surface area contributed by atoms with Crippen LogP contribution in [0.2, 0.25) is 0 Å². The van der Waals surface area contributed by atoms with E-state index in [1.165, 1.54) is 10.6 Å². The lowest BCUT2D eigenvalue weighted by molar-refractivity contribution is -0.131. The quantitative estimate of drug-likeness (QED) is 0.811. The number of fused-ring (bicyclic) bond motifs is 1. The number of nitrogens with zero attached hydrogens (tertiary/aromatic N) is 3. The molecule has 3 rings (SSSR count). The molecule has 2 aliphatic heterocycles. The van der Waals surface area contributed by atoms with Gasteiger partial charge in [0.05, 0.1) is 11.6 Å². The van der Waals surface area contributed by atoms with Gasteiger partial charge in [0.1, 0.15) is 0 Å². The smallest absolute Gasteiger partial charge is 0.252 e. The topological polar surface area (TPSA) is 35.9 Å². The maximum absolute atomic E-state index is 12.0. The lowest BCUT2D eigenvalue weighted by Gasteiger charge is -2.35. The molecule has 1 fully saturated rings. The van der Waals surface area contributed by atoms with E-state index in [1.54, 1.807) is 7.05 Å². The zero-order chi connectivity index (χ0) is 13.4. The number of piperidine rings is 1. The SMILES string of the molecule is CC(c1ccccc1)N1CCC2=NN(C)C(=O)C2C1. The van der Waals surface area contributed by atoms with Crippen LogP contribution < -0.4 is 0 Å². The number of benzene rings is 1. The van der Waals surface area contributed by atoms with Gasteiger partial charge in [-0.2, -0.15) is 5.10 Å². The molecule has 1 amide bonds. The first-order chi connectivity index (χ1) is 9.16. The normalized spacial score (nSPS) is 25.2. The second-order valence-electron chi connectivity index (χ2n) is 5.34. The fourth-order valence-corrected chi connectivity index (χ4v) is 2.97. The fraction of sp³-hybridized carbons (Fsp3) is 0.467. The summed E-state index contributed by atoms with van der Waals surface area (Å²) in [5, 5.41) is 5.83. The van der Waals surface area contributed by atoms with Crippen molar-refractivity contribution >= 4 is 11.6 Å². The highest BCUT2D eigenvalue weighted by Gasteiger charge is 2.39. The van der Waals surface area contributed by atoms with Gasteiger partial charge in [-0.1, -0.05) is 30.3 Å². The Morgan fingerprint density at radius 3 is 2.79 bits per heavy atom. The minimum atomic E-state index is -0.0232. The number of carbonyl (C=O) groups excluding carboxylic acids is 1. The molecule has 4 nitrogen and oxygen atoms in total. The van der Waals surface area contributed by atoms with E-state index in [1.807, 2.05) is 6.07 Å². The fourth-order valence-electron chi connectivity index (χ4n) is 2.97. The third-order valence-corrected chi connectivity index (χ3v) is 4.20. The van der Waals surface area contributed by atoms with Gasteiger partial charge in [0.25, 0.3) is 5.91 Å². The van der Waals surface area contributed by atoms with Gasteiger partial charge in [-0.15, -0.1) is 0 Å². The number of hydrogen-bond acceptors (Lipinski definition) is 3. The Balaban J connectivity index is 1.75. The van der Waals surface area contributed by atoms with Crippen LogP contribution in [0.3, 0.4) is 0 Å². The predicted molar refractivity (Wildman–Crippen MR) is 74.7 cm³/mol. The van der Waals surface area contributed by atoms with Gasteiger partial charge in [0.15, 0.2) is 0 Å². The second kappa shape index (κ2) is 4.78. The lowest BCUT2D eigenvalue weighted by Crippen LogP contribution is -2.44. The van der Waals surface area contributed by atoms with Gasteiger partial charge in [-0.25, -0.2) is 5.01 Å². The molecule has 0 aromatic heterocycles. The Morgan fingerprint density at radius 1 is 1.32 bits per heavy atom. The average molecular weight is 257 g/mol. The molecule has 0 aliphatic carbocycles. The number of hydrogen-bond donors (Lipinski definition) is 0. The van der Waals surface area contributed by atoms with E-state index in [2.05, 4.69) is 41.2 Å². The summed E-state index contributed by atoms with van der Waals surface area (Å²) in [5.41, 5.74) is 2.37. The molecule has 2 atom stereocenters. The van der Waals surface area contributed by atoms with Crippen LogP contribution in [-0.2, 0) is 4.79 Å². The summed E-state index contributed by atoms with van der Waals surface area (Å²) < 4.78 is 0. The third kappa shape index (κ3) is 2.16. The van der Waals surface area contributed by atoms with Crippen molar-refractivity contribution in [1.82, 2.24) is 9.91 Å². The molecule has 19 heavy (non-hydrogen) atoms. The summed E-state index contributed by atoms with van der Waals surface area (Å²) >= 11 is 0. The predicted octanol–water partition coefficient (Wildman–Crippen LogP) is 1.90. The molecule has 0 N–H and O–H groups in total. The molecule has 0 saturated carbocycles. The van der Waals surface area contributed by atoms with Crippen LogP contribution in [0.25, 0.3) is 0 Å². The van der Waals surface area contributed by atoms with Gasteiger partial charge in [-0.3, -0.25) is 9.69 Å². The first kappa shape index (κ1) is 12.4. The van der Waals surface area contributed by atoms with Crippen molar-refractivity contribution < 1.29 is 4.79 Å². The summed E-state index contributed by atoms with van der Waals surface area (Å²) in [4.78, 5) is 14.4. The molecule has 1 aromatic carbocycles. The Kier molecular flexibility index (Phi) is 3.11. The first-order valence-corrected chi connectivity index (χ1v) is 6.81. The molecular formula is C15H19N3O. The van der Waals surface area contributed by atoms with E-state index in [9.17, 15) is 4.79 Å². The summed E-state index contributed by atoms with van der Waals surface area (Å²) in [5.74, 6) is 0.116. The summed E-state index contributed by atoms with van der Waals surface area (Å²) in [6, 6.07) is 10.8. The summed E-state index contributed by atoms with van der Waals surface area (Å²) in [6.07, 6.45) is 0.901. The van der Waals surface area contributed by atoms with Gasteiger partial charge < -0.3 is 0 Å². The van der Waals surface area contributed by atoms with E-state index in [0.717, 1.165) is 25.2 Å². The molecular weight excluding hydrogens is 238 g/mol. The first-order valence-electron chi connectivity index (χ1n) is 6.81. The number of rotatable bonds is 2. The Labute approximate surface area is 113 Å². The minimum Gasteiger partial charge on any atom is -0.295 e. The highest BCUT2D eigenvalue weighted by Crippen LogP contribution is 2.28. The number of hydrazone groups is 1. The highest BCUT2D eigenvalue weighted by molar-refractivity contribution is 6.08. The summed E-state index contributed by atoms with van der Waals surface area (Å²) in [6.45, 7) is 3.98. The van der Waals surface area contributed by atoms with Crippen LogP contribution in [0.5, 0.6) is 0 Å². The number of amides is 1. The van der Waals surface area contributed by atoms with E-state index in [4.69, 9.17) is 0 Å². The van der Waals surface area contributed by atoms with Crippen molar-refractivity contribution in [2.75, 3.05) is 20.1 Å². The second-order valence-corrected chi connectivity index (χ2v) is 5.34. The summed E-state index contributed by atoms with van der Waals surface area (Å²) in [7, 11) is 1.75. The molecule has 4 heteroatoms. The Hall–Kier alpha value is -1.68. The molecule has 1 aromatic rings. The van der Waals surface area contributed by atoms with Crippen molar-refractivity contribution in [2.24, 2.45) is 11.0 Å². The van der Waals surface area contributed by atoms with Crippen LogP contribution in [0.15, 0.2) is 35.4 Å². The molecule has 0 bridgehead atoms. The molecule has 1 saturated heterocycles. The largest absolute Gasteiger partial charge is 0.295 e. The van der Waals surface area contributed by atoms with Gasteiger partial charge in [-0.05, 0) is 12.5 Å². The highest BCUT2D eigenvalue weighted by atomic mass is 16.2. The molecule has 2 aliphatic rings.